The number of urea groups is 1. The minimum absolute atomic E-state index is 0.126. The van der Waals surface area contributed by atoms with E-state index in [0.717, 1.165) is 24.1 Å². The lowest BCUT2D eigenvalue weighted by atomic mass is 9.88. The van der Waals surface area contributed by atoms with E-state index in [1.54, 1.807) is 23.0 Å². The number of benzene rings is 1. The Bertz CT molecular complexity index is 950. The maximum absolute atomic E-state index is 12.8. The van der Waals surface area contributed by atoms with Gasteiger partial charge in [0.15, 0.2) is 5.60 Å². The third-order valence-corrected chi connectivity index (χ3v) is 5.67. The van der Waals surface area contributed by atoms with E-state index in [-0.39, 0.29) is 11.9 Å². The van der Waals surface area contributed by atoms with Crippen LogP contribution in [0.1, 0.15) is 30.5 Å². The summed E-state index contributed by atoms with van der Waals surface area (Å²) in [7, 11) is 1.73. The van der Waals surface area contributed by atoms with Gasteiger partial charge in [0.1, 0.15) is 5.71 Å². The summed E-state index contributed by atoms with van der Waals surface area (Å²) in [5.41, 5.74) is 1.63. The van der Waals surface area contributed by atoms with Gasteiger partial charge in [-0.2, -0.15) is 0 Å². The van der Waals surface area contributed by atoms with E-state index in [9.17, 15) is 9.59 Å². The lowest BCUT2D eigenvalue weighted by Crippen LogP contribution is -2.53. The highest BCUT2D eigenvalue weighted by molar-refractivity contribution is 6.39. The summed E-state index contributed by atoms with van der Waals surface area (Å²) in [6, 6.07) is 15.3. The predicted octanol–water partition coefficient (Wildman–Crippen LogP) is 2.56. The van der Waals surface area contributed by atoms with E-state index in [2.05, 4.69) is 15.5 Å². The molecule has 0 radical (unpaired) electrons. The van der Waals surface area contributed by atoms with E-state index < -0.39 is 5.60 Å². The second-order valence-corrected chi connectivity index (χ2v) is 8.14. The highest BCUT2D eigenvalue weighted by Gasteiger charge is 2.46. The van der Waals surface area contributed by atoms with Crippen molar-refractivity contribution in [2.24, 2.45) is 5.16 Å². The maximum Gasteiger partial charge on any atom is 0.317 e. The lowest BCUT2D eigenvalue weighted by Gasteiger charge is -2.38. The predicted molar refractivity (Wildman–Crippen MR) is 116 cm³/mol. The van der Waals surface area contributed by atoms with Gasteiger partial charge < -0.3 is 20.0 Å². The Morgan fingerprint density at radius 1 is 1.19 bits per heavy atom. The van der Waals surface area contributed by atoms with Crippen LogP contribution < -0.4 is 5.32 Å². The van der Waals surface area contributed by atoms with Crippen LogP contribution >= 0.6 is 0 Å². The van der Waals surface area contributed by atoms with Crippen LogP contribution in [0.3, 0.4) is 0 Å². The number of oxime groups is 1. The topological polar surface area (TPSA) is 87.1 Å². The van der Waals surface area contributed by atoms with Crippen LogP contribution in [-0.2, 0) is 22.7 Å². The molecule has 8 heteroatoms. The minimum Gasteiger partial charge on any atom is -0.386 e. The molecular formula is C23H27N5O3. The molecule has 31 heavy (non-hydrogen) atoms. The molecular weight excluding hydrogens is 394 g/mol. The fourth-order valence-electron chi connectivity index (χ4n) is 4.04. The second-order valence-electron chi connectivity index (χ2n) is 8.14. The lowest BCUT2D eigenvalue weighted by molar-refractivity contribution is -0.123. The van der Waals surface area contributed by atoms with Gasteiger partial charge in [-0.1, -0.05) is 41.6 Å². The van der Waals surface area contributed by atoms with Crippen molar-refractivity contribution in [1.29, 1.82) is 0 Å². The molecule has 1 spiro atoms. The zero-order valence-electron chi connectivity index (χ0n) is 17.7. The minimum atomic E-state index is -0.626. The van der Waals surface area contributed by atoms with Crippen molar-refractivity contribution in [3.8, 4) is 0 Å². The molecule has 1 atom stereocenters. The first-order valence-electron chi connectivity index (χ1n) is 10.5. The Morgan fingerprint density at radius 2 is 2.00 bits per heavy atom. The average Bonchev–Trinajstić information content (AvgIpc) is 3.21. The van der Waals surface area contributed by atoms with Crippen LogP contribution in [0.15, 0.2) is 59.9 Å². The molecule has 2 aliphatic rings. The number of piperidine rings is 1. The largest absolute Gasteiger partial charge is 0.386 e. The van der Waals surface area contributed by atoms with Crippen LogP contribution in [0.2, 0.25) is 0 Å². The zero-order valence-corrected chi connectivity index (χ0v) is 17.7. The summed E-state index contributed by atoms with van der Waals surface area (Å²) in [4.78, 5) is 38.9. The van der Waals surface area contributed by atoms with Crippen molar-refractivity contribution in [2.45, 2.75) is 38.0 Å². The van der Waals surface area contributed by atoms with Crippen molar-refractivity contribution in [3.05, 3.63) is 66.0 Å². The first kappa shape index (κ1) is 20.8. The molecule has 2 aromatic rings. The quantitative estimate of drug-likeness (QED) is 0.804. The summed E-state index contributed by atoms with van der Waals surface area (Å²) in [5.74, 6) is -0.173. The first-order valence-corrected chi connectivity index (χ1v) is 10.5. The van der Waals surface area contributed by atoms with E-state index in [1.165, 1.54) is 0 Å². The molecule has 1 N–H and O–H groups in total. The van der Waals surface area contributed by atoms with Gasteiger partial charge in [0.05, 0.1) is 18.8 Å². The number of carbonyl (C=O) groups is 2. The number of carbonyl (C=O) groups excluding carboxylic acids is 2. The third kappa shape index (κ3) is 5.02. The number of amides is 3. The number of pyridine rings is 1. The maximum atomic E-state index is 12.8. The average molecular weight is 422 g/mol. The van der Waals surface area contributed by atoms with Crippen molar-refractivity contribution in [2.75, 3.05) is 20.1 Å². The van der Waals surface area contributed by atoms with Crippen LogP contribution in [0.25, 0.3) is 0 Å². The summed E-state index contributed by atoms with van der Waals surface area (Å²) >= 11 is 0. The van der Waals surface area contributed by atoms with Gasteiger partial charge in [-0.15, -0.1) is 0 Å². The Kier molecular flexibility index (Phi) is 6.16. The number of nitrogens with one attached hydrogen (secondary N) is 1. The molecule has 0 aliphatic carbocycles. The van der Waals surface area contributed by atoms with E-state index in [4.69, 9.17) is 4.84 Å². The molecule has 4 rings (SSSR count). The highest BCUT2D eigenvalue weighted by Crippen LogP contribution is 2.34. The summed E-state index contributed by atoms with van der Waals surface area (Å²) < 4.78 is 0. The summed E-state index contributed by atoms with van der Waals surface area (Å²) in [6.45, 7) is 1.95. The zero-order chi connectivity index (χ0) is 21.7. The second kappa shape index (κ2) is 9.16. The molecule has 162 valence electrons. The van der Waals surface area contributed by atoms with Crippen LogP contribution in [0, 0.1) is 0 Å². The molecule has 3 amide bonds. The van der Waals surface area contributed by atoms with E-state index >= 15 is 0 Å². The molecule has 0 unspecified atom stereocenters. The van der Waals surface area contributed by atoms with Gasteiger partial charge in [-0.05, 0) is 30.5 Å². The molecule has 8 nitrogen and oxygen atoms in total. The molecule has 3 heterocycles. The Balaban J connectivity index is 1.32. The van der Waals surface area contributed by atoms with Crippen LogP contribution in [-0.4, -0.2) is 58.2 Å². The molecule has 0 bridgehead atoms. The molecule has 1 aromatic heterocycles. The smallest absolute Gasteiger partial charge is 0.317 e. The SMILES string of the molecule is CN(Cc1ccccn1)C(=O)C1=NO[C@]2(CCCN(C(=O)NCc3ccccc3)C2)C1. The Morgan fingerprint density at radius 3 is 2.77 bits per heavy atom. The normalized spacial score (nSPS) is 20.2. The van der Waals surface area contributed by atoms with Gasteiger partial charge >= 0.3 is 6.03 Å². The molecule has 2 aliphatic heterocycles. The van der Waals surface area contributed by atoms with E-state index in [0.29, 0.717) is 38.3 Å². The van der Waals surface area contributed by atoms with Gasteiger partial charge in [-0.25, -0.2) is 4.79 Å². The number of rotatable bonds is 5. The van der Waals surface area contributed by atoms with E-state index in [1.807, 2.05) is 48.5 Å². The summed E-state index contributed by atoms with van der Waals surface area (Å²) in [6.07, 6.45) is 3.68. The fraction of sp³-hybridized carbons (Fsp3) is 0.391. The van der Waals surface area contributed by atoms with Crippen LogP contribution in [0.5, 0.6) is 0 Å². The monoisotopic (exact) mass is 421 g/mol. The molecule has 1 aromatic carbocycles. The summed E-state index contributed by atoms with van der Waals surface area (Å²) in [5, 5.41) is 7.08. The Labute approximate surface area is 181 Å². The van der Waals surface area contributed by atoms with Crippen molar-refractivity contribution in [3.63, 3.8) is 0 Å². The Hall–Kier alpha value is -3.42. The molecule has 1 fully saturated rings. The number of likely N-dealkylation sites (tertiary alicyclic amines) is 1. The third-order valence-electron chi connectivity index (χ3n) is 5.67. The van der Waals surface area contributed by atoms with Crippen molar-refractivity contribution < 1.29 is 14.4 Å². The number of hydrogen-bond acceptors (Lipinski definition) is 5. The molecule has 0 saturated carbocycles. The molecule has 1 saturated heterocycles. The van der Waals surface area contributed by atoms with Gasteiger partial charge in [-0.3, -0.25) is 9.78 Å². The first-order chi connectivity index (χ1) is 15.0. The van der Waals surface area contributed by atoms with Crippen LogP contribution in [0.4, 0.5) is 4.79 Å². The highest BCUT2D eigenvalue weighted by atomic mass is 16.7. The number of nitrogens with zero attached hydrogens (tertiary/aromatic N) is 4. The van der Waals surface area contributed by atoms with Crippen molar-refractivity contribution >= 4 is 17.6 Å². The standard InChI is InChI=1S/C23H27N5O3/c1-27(16-19-10-5-6-12-24-19)21(29)20-14-23(31-26-20)11-7-13-28(17-23)22(30)25-15-18-8-3-2-4-9-18/h2-6,8-10,12H,7,11,13-17H2,1H3,(H,25,30)/t23-/m1/s1. The fourth-order valence-corrected chi connectivity index (χ4v) is 4.04. The van der Waals surface area contributed by atoms with Gasteiger partial charge in [0.25, 0.3) is 5.91 Å². The van der Waals surface area contributed by atoms with Crippen molar-refractivity contribution in [1.82, 2.24) is 20.1 Å². The number of hydrogen-bond donors (Lipinski definition) is 1. The number of aromatic nitrogens is 1. The van der Waals surface area contributed by atoms with Gasteiger partial charge in [0.2, 0.25) is 0 Å². The van der Waals surface area contributed by atoms with Gasteiger partial charge in [0, 0.05) is 32.8 Å².